The van der Waals surface area contributed by atoms with Crippen LogP contribution in [0, 0.1) is 0 Å². The van der Waals surface area contributed by atoms with Crippen LogP contribution in [0.4, 0.5) is 0 Å². The third-order valence-electron chi connectivity index (χ3n) is 4.21. The van der Waals surface area contributed by atoms with E-state index < -0.39 is 0 Å². The van der Waals surface area contributed by atoms with E-state index in [-0.39, 0.29) is 5.41 Å². The van der Waals surface area contributed by atoms with Crippen LogP contribution >= 0.6 is 0 Å². The predicted molar refractivity (Wildman–Crippen MR) is 96.2 cm³/mol. The minimum Gasteiger partial charge on any atom is -0.341 e. The molecule has 0 heterocycles. The molecule has 0 saturated carbocycles. The van der Waals surface area contributed by atoms with Crippen LogP contribution in [-0.2, 0) is 11.8 Å². The second-order valence-corrected chi connectivity index (χ2v) is 5.92. The molecule has 1 aromatic rings. The molecule has 22 heavy (non-hydrogen) atoms. The van der Waals surface area contributed by atoms with Gasteiger partial charge in [-0.1, -0.05) is 62.9 Å². The number of allylic oxidation sites excluding steroid dienone is 4. The van der Waals surface area contributed by atoms with Crippen molar-refractivity contribution < 1.29 is 0 Å². The first-order chi connectivity index (χ1) is 10.5. The maximum absolute atomic E-state index is 4.16. The Morgan fingerprint density at radius 1 is 1.27 bits per heavy atom. The fraction of sp³-hybridized carbons (Fsp3) is 0.250. The highest BCUT2D eigenvalue weighted by Gasteiger charge is 2.33. The lowest BCUT2D eigenvalue weighted by Gasteiger charge is -2.22. The van der Waals surface area contributed by atoms with Gasteiger partial charge >= 0.3 is 0 Å². The molecule has 0 unspecified atom stereocenters. The normalized spacial score (nSPS) is 19.0. The van der Waals surface area contributed by atoms with Gasteiger partial charge in [0.15, 0.2) is 0 Å². The first-order valence-electron chi connectivity index (χ1n) is 7.51. The second-order valence-electron chi connectivity index (χ2n) is 5.92. The minimum atomic E-state index is 0.0379. The number of aliphatic imine (C=N–C) groups is 1. The Morgan fingerprint density at radius 2 is 2.00 bits per heavy atom. The van der Waals surface area contributed by atoms with E-state index in [0.717, 1.165) is 18.0 Å². The van der Waals surface area contributed by atoms with E-state index in [9.17, 15) is 0 Å². The molecule has 0 saturated heterocycles. The minimum absolute atomic E-state index is 0.0379. The highest BCUT2D eigenvalue weighted by molar-refractivity contribution is 5.93. The van der Waals surface area contributed by atoms with Crippen LogP contribution in [0.3, 0.4) is 0 Å². The van der Waals surface area contributed by atoms with Crippen LogP contribution in [0.1, 0.15) is 25.0 Å². The van der Waals surface area contributed by atoms with Crippen molar-refractivity contribution in [3.63, 3.8) is 0 Å². The Bertz CT molecular complexity index is 673. The average molecular weight is 292 g/mol. The van der Waals surface area contributed by atoms with E-state index in [2.05, 4.69) is 67.7 Å². The van der Waals surface area contributed by atoms with Crippen LogP contribution in [0.25, 0.3) is 0 Å². The number of hydrogen-bond donors (Lipinski definition) is 1. The molecule has 0 radical (unpaired) electrons. The van der Waals surface area contributed by atoms with Crippen molar-refractivity contribution in [3.8, 4) is 0 Å². The van der Waals surface area contributed by atoms with Crippen molar-refractivity contribution >= 4 is 5.84 Å². The zero-order chi connectivity index (χ0) is 16.2. The zero-order valence-corrected chi connectivity index (χ0v) is 13.7. The summed E-state index contributed by atoms with van der Waals surface area (Å²) in [6.45, 7) is 12.1. The standard InChI is InChI=1S/C20H24N2/c1-6-10-17(22-19(7-2)21-5)14-16-13-15-11-8-9-12-18(15)20(16,3)4/h6-12,14H,1-2,13H2,3-5H3,(H,21,22)/b16-14+,17-10+. The topological polar surface area (TPSA) is 24.4 Å². The summed E-state index contributed by atoms with van der Waals surface area (Å²) in [5, 5.41) is 3.29. The Kier molecular flexibility index (Phi) is 4.81. The highest BCUT2D eigenvalue weighted by Crippen LogP contribution is 2.42. The predicted octanol–water partition coefficient (Wildman–Crippen LogP) is 4.32. The Labute approximate surface area is 133 Å². The molecule has 2 rings (SSSR count). The molecule has 114 valence electrons. The number of hydrogen-bond acceptors (Lipinski definition) is 1. The Hall–Kier alpha value is -2.35. The fourth-order valence-electron chi connectivity index (χ4n) is 2.90. The summed E-state index contributed by atoms with van der Waals surface area (Å²) < 4.78 is 0. The van der Waals surface area contributed by atoms with Gasteiger partial charge in [-0.15, -0.1) is 0 Å². The van der Waals surface area contributed by atoms with Crippen LogP contribution in [0.15, 0.2) is 78.0 Å². The van der Waals surface area contributed by atoms with Gasteiger partial charge in [-0.05, 0) is 35.8 Å². The monoisotopic (exact) mass is 292 g/mol. The zero-order valence-electron chi connectivity index (χ0n) is 13.7. The van der Waals surface area contributed by atoms with Gasteiger partial charge in [-0.25, -0.2) is 0 Å². The van der Waals surface area contributed by atoms with Crippen molar-refractivity contribution in [1.29, 1.82) is 0 Å². The second kappa shape index (κ2) is 6.61. The lowest BCUT2D eigenvalue weighted by atomic mass is 9.82. The average Bonchev–Trinajstić information content (AvgIpc) is 2.76. The van der Waals surface area contributed by atoms with Crippen molar-refractivity contribution in [2.75, 3.05) is 7.05 Å². The molecule has 0 amide bonds. The molecule has 1 N–H and O–H groups in total. The fourth-order valence-corrected chi connectivity index (χ4v) is 2.90. The maximum atomic E-state index is 4.16. The molecule has 0 bridgehead atoms. The van der Waals surface area contributed by atoms with Gasteiger partial charge in [0.05, 0.1) is 0 Å². The third-order valence-corrected chi connectivity index (χ3v) is 4.21. The van der Waals surface area contributed by atoms with Gasteiger partial charge in [-0.2, -0.15) is 0 Å². The molecule has 1 aromatic carbocycles. The van der Waals surface area contributed by atoms with E-state index in [1.165, 1.54) is 16.7 Å². The molecule has 0 atom stereocenters. The van der Waals surface area contributed by atoms with Gasteiger partial charge in [0.2, 0.25) is 0 Å². The van der Waals surface area contributed by atoms with Gasteiger partial charge in [-0.3, -0.25) is 4.99 Å². The number of rotatable bonds is 4. The number of benzene rings is 1. The maximum Gasteiger partial charge on any atom is 0.124 e. The Balaban J connectivity index is 2.37. The first-order valence-corrected chi connectivity index (χ1v) is 7.51. The highest BCUT2D eigenvalue weighted by atomic mass is 15.0. The van der Waals surface area contributed by atoms with E-state index in [1.807, 2.05) is 6.08 Å². The van der Waals surface area contributed by atoms with E-state index in [4.69, 9.17) is 0 Å². The number of nitrogens with zero attached hydrogens (tertiary/aromatic N) is 1. The number of nitrogens with one attached hydrogen (secondary N) is 1. The molecule has 0 spiro atoms. The van der Waals surface area contributed by atoms with Gasteiger partial charge in [0.1, 0.15) is 5.84 Å². The largest absolute Gasteiger partial charge is 0.341 e. The molecular formula is C20H24N2. The summed E-state index contributed by atoms with van der Waals surface area (Å²) in [7, 11) is 1.75. The van der Waals surface area contributed by atoms with Crippen molar-refractivity contribution in [2.45, 2.75) is 25.7 Å². The van der Waals surface area contributed by atoms with Crippen molar-refractivity contribution in [2.24, 2.45) is 4.99 Å². The van der Waals surface area contributed by atoms with Crippen LogP contribution in [-0.4, -0.2) is 12.9 Å². The molecule has 1 aliphatic rings. The summed E-state index contributed by atoms with van der Waals surface area (Å²) in [6, 6.07) is 8.66. The van der Waals surface area contributed by atoms with Crippen LogP contribution in [0.5, 0.6) is 0 Å². The third kappa shape index (κ3) is 3.11. The smallest absolute Gasteiger partial charge is 0.124 e. The molecule has 2 nitrogen and oxygen atoms in total. The molecule has 1 aliphatic carbocycles. The Morgan fingerprint density at radius 3 is 2.59 bits per heavy atom. The lowest BCUT2D eigenvalue weighted by Crippen LogP contribution is -2.21. The van der Waals surface area contributed by atoms with Crippen molar-refractivity contribution in [1.82, 2.24) is 5.32 Å². The lowest BCUT2D eigenvalue weighted by molar-refractivity contribution is 0.643. The van der Waals surface area contributed by atoms with E-state index in [0.29, 0.717) is 0 Å². The van der Waals surface area contributed by atoms with E-state index >= 15 is 0 Å². The quantitative estimate of drug-likeness (QED) is 0.499. The summed E-state index contributed by atoms with van der Waals surface area (Å²) in [6.07, 6.45) is 8.64. The SMILES string of the molecule is C=C/C=C(\C=C1/Cc2ccccc2C1(C)C)NC(C=C)=NC. The molecule has 2 heteroatoms. The molecule has 0 fully saturated rings. The molecule has 0 aliphatic heterocycles. The summed E-state index contributed by atoms with van der Waals surface area (Å²) >= 11 is 0. The molecular weight excluding hydrogens is 268 g/mol. The summed E-state index contributed by atoms with van der Waals surface area (Å²) in [5.41, 5.74) is 5.22. The van der Waals surface area contributed by atoms with Crippen LogP contribution in [0.2, 0.25) is 0 Å². The molecule has 0 aromatic heterocycles. The van der Waals surface area contributed by atoms with Crippen LogP contribution < -0.4 is 5.32 Å². The number of amidine groups is 1. The summed E-state index contributed by atoms with van der Waals surface area (Å²) in [4.78, 5) is 4.16. The number of fused-ring (bicyclic) bond motifs is 1. The van der Waals surface area contributed by atoms with Gasteiger partial charge in [0, 0.05) is 18.2 Å². The van der Waals surface area contributed by atoms with E-state index in [1.54, 1.807) is 19.2 Å². The van der Waals surface area contributed by atoms with Gasteiger partial charge in [0.25, 0.3) is 0 Å². The van der Waals surface area contributed by atoms with Gasteiger partial charge < -0.3 is 5.32 Å². The summed E-state index contributed by atoms with van der Waals surface area (Å²) in [5.74, 6) is 0.748. The first kappa shape index (κ1) is 16.0. The van der Waals surface area contributed by atoms with Crippen molar-refractivity contribution in [3.05, 3.63) is 84.1 Å².